The molecule has 1 aliphatic rings. The fourth-order valence-corrected chi connectivity index (χ4v) is 4.02. The van der Waals surface area contributed by atoms with Gasteiger partial charge in [0.05, 0.1) is 24.1 Å². The molecule has 0 bridgehead atoms. The van der Waals surface area contributed by atoms with Crippen LogP contribution in [0.2, 0.25) is 0 Å². The lowest BCUT2D eigenvalue weighted by Gasteiger charge is -2.34. The average Bonchev–Trinajstić information content (AvgIpc) is 2.66. The minimum Gasteiger partial charge on any atom is -0.491 e. The fraction of sp³-hybridized carbons (Fsp3) is 0.350. The molecule has 2 aromatic carbocycles. The highest BCUT2D eigenvalue weighted by Gasteiger charge is 2.35. The molecule has 1 heterocycles. The second-order valence-electron chi connectivity index (χ2n) is 6.69. The molecular weight excluding hydrogens is 380 g/mol. The predicted molar refractivity (Wildman–Crippen MR) is 109 cm³/mol. The van der Waals surface area contributed by atoms with E-state index in [9.17, 15) is 13.2 Å². The lowest BCUT2D eigenvalue weighted by atomic mass is 10.2. The van der Waals surface area contributed by atoms with Gasteiger partial charge in [0, 0.05) is 11.8 Å². The first-order chi connectivity index (χ1) is 13.3. The Balaban J connectivity index is 1.81. The summed E-state index contributed by atoms with van der Waals surface area (Å²) >= 11 is 0. The molecule has 1 aliphatic heterocycles. The number of benzene rings is 2. The molecule has 0 aliphatic carbocycles. The lowest BCUT2D eigenvalue weighted by Crippen LogP contribution is -2.49. The van der Waals surface area contributed by atoms with Crippen LogP contribution >= 0.6 is 0 Å². The summed E-state index contributed by atoms with van der Waals surface area (Å²) < 4.78 is 37.7. The maximum atomic E-state index is 12.8. The average molecular weight is 404 g/mol. The highest BCUT2D eigenvalue weighted by atomic mass is 32.2. The van der Waals surface area contributed by atoms with Crippen molar-refractivity contribution in [3.8, 4) is 11.5 Å². The van der Waals surface area contributed by atoms with Crippen LogP contribution in [-0.4, -0.2) is 38.8 Å². The van der Waals surface area contributed by atoms with Gasteiger partial charge in [0.2, 0.25) is 10.0 Å². The second kappa shape index (κ2) is 8.10. The van der Waals surface area contributed by atoms with Gasteiger partial charge in [0.1, 0.15) is 11.5 Å². The molecule has 0 aromatic heterocycles. The van der Waals surface area contributed by atoms with Crippen LogP contribution < -0.4 is 19.1 Å². The number of ether oxygens (including phenoxy) is 2. The molecule has 28 heavy (non-hydrogen) atoms. The van der Waals surface area contributed by atoms with Crippen molar-refractivity contribution in [2.45, 2.75) is 33.0 Å². The summed E-state index contributed by atoms with van der Waals surface area (Å²) in [5.41, 5.74) is 0.997. The molecule has 8 heteroatoms. The van der Waals surface area contributed by atoms with Crippen molar-refractivity contribution >= 4 is 27.3 Å². The molecular formula is C20H24N2O5S. The summed E-state index contributed by atoms with van der Waals surface area (Å²) in [6, 6.07) is 13.8. The Morgan fingerprint density at radius 3 is 2.71 bits per heavy atom. The summed E-state index contributed by atoms with van der Waals surface area (Å²) in [6.45, 7) is 5.33. The van der Waals surface area contributed by atoms with Crippen molar-refractivity contribution in [2.75, 3.05) is 21.9 Å². The van der Waals surface area contributed by atoms with E-state index < -0.39 is 22.0 Å². The van der Waals surface area contributed by atoms with E-state index in [0.717, 1.165) is 0 Å². The molecule has 3 rings (SSSR count). The summed E-state index contributed by atoms with van der Waals surface area (Å²) in [6.07, 6.45) is -0.956. The van der Waals surface area contributed by atoms with Crippen molar-refractivity contribution in [1.82, 2.24) is 0 Å². The lowest BCUT2D eigenvalue weighted by molar-refractivity contribution is -0.122. The van der Waals surface area contributed by atoms with Crippen LogP contribution in [0.25, 0.3) is 0 Å². The third-order valence-corrected chi connectivity index (χ3v) is 5.95. The molecule has 0 fully saturated rings. The van der Waals surface area contributed by atoms with E-state index in [0.29, 0.717) is 22.9 Å². The smallest absolute Gasteiger partial charge is 0.267 e. The molecule has 1 atom stereocenters. The Labute approximate surface area is 165 Å². The van der Waals surface area contributed by atoms with Crippen molar-refractivity contribution < 1.29 is 22.7 Å². The van der Waals surface area contributed by atoms with Crippen LogP contribution in [0.4, 0.5) is 11.4 Å². The number of amides is 1. The van der Waals surface area contributed by atoms with Crippen LogP contribution in [0.3, 0.4) is 0 Å². The molecule has 1 N–H and O–H groups in total. The number of rotatable bonds is 6. The Hall–Kier alpha value is -2.74. The van der Waals surface area contributed by atoms with Gasteiger partial charge in [0.25, 0.3) is 5.91 Å². The number of para-hydroxylation sites is 2. The minimum absolute atomic E-state index is 0.0111. The zero-order chi connectivity index (χ0) is 20.3. The number of hydrogen-bond donors (Lipinski definition) is 1. The topological polar surface area (TPSA) is 84.9 Å². The molecule has 0 saturated heterocycles. The molecule has 0 unspecified atom stereocenters. The van der Waals surface area contributed by atoms with Crippen LogP contribution in [0.1, 0.15) is 20.8 Å². The zero-order valence-corrected chi connectivity index (χ0v) is 16.9. The van der Waals surface area contributed by atoms with Gasteiger partial charge in [-0.05, 0) is 45.0 Å². The zero-order valence-electron chi connectivity index (χ0n) is 16.1. The maximum Gasteiger partial charge on any atom is 0.267 e. The number of hydrogen-bond acceptors (Lipinski definition) is 5. The highest BCUT2D eigenvalue weighted by molar-refractivity contribution is 7.92. The normalized spacial score (nSPS) is 16.3. The van der Waals surface area contributed by atoms with Gasteiger partial charge in [-0.1, -0.05) is 18.2 Å². The third kappa shape index (κ3) is 4.39. The predicted octanol–water partition coefficient (Wildman–Crippen LogP) is 3.03. The Kier molecular flexibility index (Phi) is 5.79. The van der Waals surface area contributed by atoms with Gasteiger partial charge >= 0.3 is 0 Å². The van der Waals surface area contributed by atoms with Gasteiger partial charge in [0.15, 0.2) is 6.10 Å². The number of nitrogens with zero attached hydrogens (tertiary/aromatic N) is 1. The van der Waals surface area contributed by atoms with E-state index in [1.807, 2.05) is 13.8 Å². The Morgan fingerprint density at radius 1 is 1.25 bits per heavy atom. The first-order valence-electron chi connectivity index (χ1n) is 9.14. The maximum absolute atomic E-state index is 12.8. The van der Waals surface area contributed by atoms with Crippen molar-refractivity contribution in [3.05, 3.63) is 48.5 Å². The largest absolute Gasteiger partial charge is 0.491 e. The monoisotopic (exact) mass is 404 g/mol. The van der Waals surface area contributed by atoms with Crippen LogP contribution in [0, 0.1) is 0 Å². The number of carbonyl (C=O) groups is 1. The van der Waals surface area contributed by atoms with Crippen LogP contribution in [-0.2, 0) is 14.8 Å². The molecule has 0 saturated carbocycles. The van der Waals surface area contributed by atoms with Gasteiger partial charge < -0.3 is 14.8 Å². The molecule has 0 radical (unpaired) electrons. The SMILES string of the molecule is CCS(=O)(=O)N1C[C@H](C(=O)Nc2cccc(OC(C)C)c2)Oc2ccccc21. The number of sulfonamides is 1. The third-order valence-electron chi connectivity index (χ3n) is 4.20. The van der Waals surface area contributed by atoms with E-state index in [4.69, 9.17) is 9.47 Å². The van der Waals surface area contributed by atoms with E-state index >= 15 is 0 Å². The number of carbonyl (C=O) groups excluding carboxylic acids is 1. The summed E-state index contributed by atoms with van der Waals surface area (Å²) in [5, 5.41) is 2.78. The standard InChI is InChI=1S/C20H24N2O5S/c1-4-28(24,25)22-13-19(27-18-11-6-5-10-17(18)22)20(23)21-15-8-7-9-16(12-15)26-14(2)3/h5-12,14,19H,4,13H2,1-3H3,(H,21,23)/t19-/m1/s1. The Bertz CT molecular complexity index is 959. The highest BCUT2D eigenvalue weighted by Crippen LogP contribution is 2.35. The second-order valence-corrected chi connectivity index (χ2v) is 8.87. The molecule has 1 amide bonds. The Morgan fingerprint density at radius 2 is 2.00 bits per heavy atom. The number of anilines is 2. The first kappa shape index (κ1) is 20.0. The van der Waals surface area contributed by atoms with Gasteiger partial charge in [-0.25, -0.2) is 8.42 Å². The van der Waals surface area contributed by atoms with Crippen molar-refractivity contribution in [2.24, 2.45) is 0 Å². The van der Waals surface area contributed by atoms with Crippen LogP contribution in [0.15, 0.2) is 48.5 Å². The quantitative estimate of drug-likeness (QED) is 0.800. The minimum atomic E-state index is -3.54. The van der Waals surface area contributed by atoms with E-state index in [-0.39, 0.29) is 18.4 Å². The number of fused-ring (bicyclic) bond motifs is 1. The fourth-order valence-electron chi connectivity index (χ4n) is 2.90. The van der Waals surface area contributed by atoms with Crippen molar-refractivity contribution in [1.29, 1.82) is 0 Å². The van der Waals surface area contributed by atoms with Gasteiger partial charge in [-0.2, -0.15) is 0 Å². The number of nitrogens with one attached hydrogen (secondary N) is 1. The summed E-state index contributed by atoms with van der Waals surface area (Å²) in [4.78, 5) is 12.8. The van der Waals surface area contributed by atoms with Crippen molar-refractivity contribution in [3.63, 3.8) is 0 Å². The molecule has 2 aromatic rings. The summed E-state index contributed by atoms with van der Waals surface area (Å²) in [5.74, 6) is 0.512. The molecule has 0 spiro atoms. The summed E-state index contributed by atoms with van der Waals surface area (Å²) in [7, 11) is -3.54. The van der Waals surface area contributed by atoms with E-state index in [1.54, 1.807) is 55.5 Å². The van der Waals surface area contributed by atoms with E-state index in [2.05, 4.69) is 5.32 Å². The van der Waals surface area contributed by atoms with Gasteiger partial charge in [-0.3, -0.25) is 9.10 Å². The van der Waals surface area contributed by atoms with Crippen LogP contribution in [0.5, 0.6) is 11.5 Å². The van der Waals surface area contributed by atoms with E-state index in [1.165, 1.54) is 4.31 Å². The molecule has 7 nitrogen and oxygen atoms in total. The molecule has 150 valence electrons. The van der Waals surface area contributed by atoms with Gasteiger partial charge in [-0.15, -0.1) is 0 Å². The first-order valence-corrected chi connectivity index (χ1v) is 10.7.